The van der Waals surface area contributed by atoms with Gasteiger partial charge in [0.05, 0.1) is 15.1 Å². The number of nitrogens with two attached hydrogens (primary N) is 1. The van der Waals surface area contributed by atoms with Crippen LogP contribution in [0.25, 0.3) is 10.2 Å². The first-order chi connectivity index (χ1) is 10.0. The van der Waals surface area contributed by atoms with Gasteiger partial charge in [-0.25, -0.2) is 18.5 Å². The summed E-state index contributed by atoms with van der Waals surface area (Å²) in [5.41, 5.74) is 1.78. The van der Waals surface area contributed by atoms with E-state index in [1.165, 1.54) is 6.07 Å². The minimum Gasteiger partial charge on any atom is -0.357 e. The number of benzene rings is 2. The molecule has 0 radical (unpaired) electrons. The minimum atomic E-state index is -3.67. The van der Waals surface area contributed by atoms with Crippen LogP contribution in [0.5, 0.6) is 0 Å². The zero-order valence-corrected chi connectivity index (χ0v) is 12.6. The van der Waals surface area contributed by atoms with Gasteiger partial charge in [-0.2, -0.15) is 0 Å². The fraction of sp³-hybridized carbons (Fsp3) is 0.0714. The van der Waals surface area contributed by atoms with Crippen molar-refractivity contribution < 1.29 is 8.42 Å². The number of hydrogen-bond acceptors (Lipinski definition) is 5. The Hall–Kier alpha value is -1.96. The number of aromatic nitrogens is 1. The zero-order chi connectivity index (χ0) is 14.9. The van der Waals surface area contributed by atoms with Gasteiger partial charge in [0.2, 0.25) is 10.0 Å². The molecule has 7 heteroatoms. The van der Waals surface area contributed by atoms with E-state index < -0.39 is 10.0 Å². The van der Waals surface area contributed by atoms with Gasteiger partial charge in [-0.1, -0.05) is 35.6 Å². The summed E-state index contributed by atoms with van der Waals surface area (Å²) in [7, 11) is -3.67. The maximum atomic E-state index is 11.3. The van der Waals surface area contributed by atoms with Crippen LogP contribution in [-0.2, 0) is 16.6 Å². The quantitative estimate of drug-likeness (QED) is 0.774. The summed E-state index contributed by atoms with van der Waals surface area (Å²) in [5.74, 6) is 0. The number of primary sulfonamides is 1. The molecule has 0 unspecified atom stereocenters. The third kappa shape index (κ3) is 3.21. The van der Waals surface area contributed by atoms with Crippen LogP contribution in [0.2, 0.25) is 0 Å². The second-order valence-electron chi connectivity index (χ2n) is 4.53. The van der Waals surface area contributed by atoms with E-state index in [9.17, 15) is 8.42 Å². The maximum Gasteiger partial charge on any atom is 0.238 e. The maximum absolute atomic E-state index is 11.3. The molecule has 5 nitrogen and oxygen atoms in total. The van der Waals surface area contributed by atoms with Crippen LogP contribution < -0.4 is 10.5 Å². The molecule has 3 aromatic rings. The largest absolute Gasteiger partial charge is 0.357 e. The van der Waals surface area contributed by atoms with Gasteiger partial charge in [0.15, 0.2) is 5.13 Å². The van der Waals surface area contributed by atoms with Gasteiger partial charge in [-0.15, -0.1) is 0 Å². The van der Waals surface area contributed by atoms with Crippen LogP contribution >= 0.6 is 11.3 Å². The number of sulfonamides is 1. The molecule has 3 N–H and O–H groups in total. The van der Waals surface area contributed by atoms with Gasteiger partial charge in [0.1, 0.15) is 0 Å². The Kier molecular flexibility index (Phi) is 3.62. The number of anilines is 1. The lowest BCUT2D eigenvalue weighted by Gasteiger charge is -2.04. The van der Waals surface area contributed by atoms with E-state index in [4.69, 9.17) is 5.14 Å². The number of thiazole rings is 1. The molecule has 0 spiro atoms. The second-order valence-corrected chi connectivity index (χ2v) is 7.12. The average molecular weight is 319 g/mol. The third-order valence-corrected chi connectivity index (χ3v) is 4.87. The Balaban J connectivity index is 1.78. The van der Waals surface area contributed by atoms with Gasteiger partial charge in [0.25, 0.3) is 0 Å². The van der Waals surface area contributed by atoms with Crippen LogP contribution in [0.4, 0.5) is 5.13 Å². The topological polar surface area (TPSA) is 85.1 Å². The van der Waals surface area contributed by atoms with Gasteiger partial charge in [-0.05, 0) is 29.8 Å². The second kappa shape index (κ2) is 5.44. The predicted octanol–water partition coefficient (Wildman–Crippen LogP) is 2.56. The lowest BCUT2D eigenvalue weighted by Crippen LogP contribution is -2.12. The summed E-state index contributed by atoms with van der Waals surface area (Å²) in [6.45, 7) is 0.489. The van der Waals surface area contributed by atoms with E-state index in [-0.39, 0.29) is 4.90 Å². The van der Waals surface area contributed by atoms with Crippen molar-refractivity contribution in [2.75, 3.05) is 5.32 Å². The zero-order valence-electron chi connectivity index (χ0n) is 11.0. The summed E-state index contributed by atoms with van der Waals surface area (Å²) in [4.78, 5) is 4.58. The minimum absolute atomic E-state index is 0.117. The lowest BCUT2D eigenvalue weighted by atomic mass is 10.2. The number of nitrogens with zero attached hydrogens (tertiary/aromatic N) is 1. The van der Waals surface area contributed by atoms with Crippen molar-refractivity contribution in [1.29, 1.82) is 0 Å². The lowest BCUT2D eigenvalue weighted by molar-refractivity contribution is 0.597. The van der Waals surface area contributed by atoms with Gasteiger partial charge in [-0.3, -0.25) is 0 Å². The van der Waals surface area contributed by atoms with Crippen LogP contribution in [0.1, 0.15) is 5.56 Å². The fourth-order valence-corrected chi connectivity index (χ4v) is 3.40. The molecule has 0 atom stereocenters. The molecule has 1 heterocycles. The Morgan fingerprint density at radius 1 is 1.14 bits per heavy atom. The number of hydrogen-bond donors (Lipinski definition) is 2. The molecule has 0 aliphatic carbocycles. The number of rotatable bonds is 4. The molecule has 0 bridgehead atoms. The molecule has 2 aromatic carbocycles. The Morgan fingerprint density at radius 2 is 1.95 bits per heavy atom. The van der Waals surface area contributed by atoms with Crippen molar-refractivity contribution in [2.24, 2.45) is 5.14 Å². The molecule has 0 amide bonds. The summed E-state index contributed by atoms with van der Waals surface area (Å²) >= 11 is 1.56. The van der Waals surface area contributed by atoms with E-state index in [0.29, 0.717) is 6.54 Å². The molecule has 0 saturated carbocycles. The van der Waals surface area contributed by atoms with E-state index in [0.717, 1.165) is 20.9 Å². The highest BCUT2D eigenvalue weighted by molar-refractivity contribution is 7.89. The first-order valence-corrected chi connectivity index (χ1v) is 8.60. The predicted molar refractivity (Wildman–Crippen MR) is 84.8 cm³/mol. The Bertz CT molecular complexity index is 855. The van der Waals surface area contributed by atoms with Crippen molar-refractivity contribution in [3.8, 4) is 0 Å². The average Bonchev–Trinajstić information content (AvgIpc) is 2.87. The van der Waals surface area contributed by atoms with Gasteiger partial charge < -0.3 is 5.32 Å². The summed E-state index contributed by atoms with van der Waals surface area (Å²) in [6, 6.07) is 14.5. The molecule has 3 rings (SSSR count). The van der Waals surface area contributed by atoms with Crippen molar-refractivity contribution in [3.05, 3.63) is 54.1 Å². The molecular formula is C14H13N3O2S2. The normalized spacial score (nSPS) is 11.7. The third-order valence-electron chi connectivity index (χ3n) is 2.96. The summed E-state index contributed by atoms with van der Waals surface area (Å²) < 4.78 is 23.8. The Labute approximate surface area is 126 Å². The molecular weight excluding hydrogens is 306 g/mol. The molecule has 0 saturated heterocycles. The first kappa shape index (κ1) is 14.0. The first-order valence-electron chi connectivity index (χ1n) is 6.23. The molecule has 0 fully saturated rings. The number of para-hydroxylation sites is 1. The highest BCUT2D eigenvalue weighted by Gasteiger charge is 2.08. The van der Waals surface area contributed by atoms with Crippen molar-refractivity contribution in [1.82, 2.24) is 4.98 Å². The van der Waals surface area contributed by atoms with Crippen molar-refractivity contribution in [2.45, 2.75) is 11.4 Å². The van der Waals surface area contributed by atoms with Crippen LogP contribution in [0, 0.1) is 0 Å². The Morgan fingerprint density at radius 3 is 2.71 bits per heavy atom. The van der Waals surface area contributed by atoms with E-state index in [1.54, 1.807) is 23.5 Å². The smallest absolute Gasteiger partial charge is 0.238 e. The highest BCUT2D eigenvalue weighted by atomic mass is 32.2. The van der Waals surface area contributed by atoms with Crippen molar-refractivity contribution in [3.63, 3.8) is 0 Å². The molecule has 0 aliphatic rings. The molecule has 21 heavy (non-hydrogen) atoms. The summed E-state index contributed by atoms with van der Waals surface area (Å²) in [5, 5.41) is 9.13. The fourth-order valence-electron chi connectivity index (χ4n) is 1.96. The van der Waals surface area contributed by atoms with E-state index in [1.807, 2.05) is 30.3 Å². The standard InChI is InChI=1S/C14H13N3O2S2/c15-21(18,19)11-5-3-4-10(8-11)9-16-14-17-12-6-1-2-7-13(12)20-14/h1-8H,9H2,(H,16,17)(H2,15,18,19). The monoisotopic (exact) mass is 319 g/mol. The molecule has 1 aromatic heterocycles. The van der Waals surface area contributed by atoms with Crippen LogP contribution in [-0.4, -0.2) is 13.4 Å². The SMILES string of the molecule is NS(=O)(=O)c1cccc(CNc2nc3ccccc3s2)c1. The van der Waals surface area contributed by atoms with Gasteiger partial charge in [0, 0.05) is 6.54 Å². The van der Waals surface area contributed by atoms with Gasteiger partial charge >= 0.3 is 0 Å². The number of nitrogens with one attached hydrogen (secondary N) is 1. The molecule has 0 aliphatic heterocycles. The highest BCUT2D eigenvalue weighted by Crippen LogP contribution is 2.25. The molecule has 108 valence electrons. The number of fused-ring (bicyclic) bond motifs is 1. The van der Waals surface area contributed by atoms with Crippen LogP contribution in [0.3, 0.4) is 0 Å². The van der Waals surface area contributed by atoms with E-state index >= 15 is 0 Å². The van der Waals surface area contributed by atoms with Crippen LogP contribution in [0.15, 0.2) is 53.4 Å². The van der Waals surface area contributed by atoms with E-state index in [2.05, 4.69) is 10.3 Å². The summed E-state index contributed by atoms with van der Waals surface area (Å²) in [6.07, 6.45) is 0. The van der Waals surface area contributed by atoms with Crippen molar-refractivity contribution >= 4 is 36.7 Å².